The van der Waals surface area contributed by atoms with Crippen LogP contribution in [0.25, 0.3) is 0 Å². The monoisotopic (exact) mass is 499 g/mol. The highest BCUT2D eigenvalue weighted by Gasteiger charge is 2.12. The molecular formula is C25H23Cl2N3O4. The minimum atomic E-state index is -0.877. The normalized spacial score (nSPS) is 10.7. The number of nitrogens with one attached hydrogen (secondary N) is 2. The number of nitrogens with zero attached hydrogens (tertiary/aromatic N) is 1. The Morgan fingerprint density at radius 3 is 2.15 bits per heavy atom. The van der Waals surface area contributed by atoms with E-state index in [1.54, 1.807) is 54.6 Å². The summed E-state index contributed by atoms with van der Waals surface area (Å²) in [6.45, 7) is 2.86. The molecule has 0 aliphatic rings. The molecule has 3 aromatic rings. The van der Waals surface area contributed by atoms with Crippen LogP contribution in [0.4, 0.5) is 0 Å². The molecule has 0 aromatic heterocycles. The second kappa shape index (κ2) is 12.6. The average Bonchev–Trinajstić information content (AvgIpc) is 2.84. The van der Waals surface area contributed by atoms with E-state index < -0.39 is 11.8 Å². The van der Waals surface area contributed by atoms with Crippen molar-refractivity contribution in [1.82, 2.24) is 10.7 Å². The molecule has 2 amide bonds. The van der Waals surface area contributed by atoms with E-state index >= 15 is 0 Å². The van der Waals surface area contributed by atoms with Gasteiger partial charge in [-0.1, -0.05) is 47.5 Å². The first-order chi connectivity index (χ1) is 16.4. The van der Waals surface area contributed by atoms with E-state index in [0.29, 0.717) is 40.3 Å². The molecule has 3 rings (SSSR count). The van der Waals surface area contributed by atoms with Gasteiger partial charge in [-0.3, -0.25) is 9.59 Å². The van der Waals surface area contributed by atoms with Crippen LogP contribution in [-0.4, -0.2) is 24.6 Å². The summed E-state index contributed by atoms with van der Waals surface area (Å²) in [4.78, 5) is 23.9. The van der Waals surface area contributed by atoms with Crippen LogP contribution in [0.5, 0.6) is 11.5 Å². The second-order valence-corrected chi connectivity index (χ2v) is 7.94. The van der Waals surface area contributed by atoms with E-state index in [9.17, 15) is 9.59 Å². The van der Waals surface area contributed by atoms with Crippen LogP contribution in [0.2, 0.25) is 10.0 Å². The molecule has 0 bridgehead atoms. The molecule has 0 saturated heterocycles. The highest BCUT2D eigenvalue weighted by Crippen LogP contribution is 2.29. The topological polar surface area (TPSA) is 89.0 Å². The first-order valence-electron chi connectivity index (χ1n) is 10.4. The van der Waals surface area contributed by atoms with E-state index in [1.807, 2.05) is 19.1 Å². The van der Waals surface area contributed by atoms with E-state index in [2.05, 4.69) is 15.8 Å². The maximum atomic E-state index is 12.0. The number of amides is 2. The third-order valence-electron chi connectivity index (χ3n) is 4.53. The van der Waals surface area contributed by atoms with Crippen molar-refractivity contribution >= 4 is 41.2 Å². The summed E-state index contributed by atoms with van der Waals surface area (Å²) in [5.41, 5.74) is 4.65. The summed E-state index contributed by atoms with van der Waals surface area (Å²) >= 11 is 11.7. The highest BCUT2D eigenvalue weighted by atomic mass is 35.5. The van der Waals surface area contributed by atoms with Crippen molar-refractivity contribution in [1.29, 1.82) is 0 Å². The van der Waals surface area contributed by atoms with Crippen LogP contribution in [-0.2, 0) is 22.7 Å². The van der Waals surface area contributed by atoms with Gasteiger partial charge in [0.1, 0.15) is 6.61 Å². The number of hydrogen-bond acceptors (Lipinski definition) is 5. The maximum Gasteiger partial charge on any atom is 0.329 e. The lowest BCUT2D eigenvalue weighted by Crippen LogP contribution is -2.37. The minimum Gasteiger partial charge on any atom is -0.490 e. The van der Waals surface area contributed by atoms with Crippen LogP contribution < -0.4 is 20.2 Å². The van der Waals surface area contributed by atoms with Gasteiger partial charge in [-0.15, -0.1) is 0 Å². The summed E-state index contributed by atoms with van der Waals surface area (Å²) < 4.78 is 11.5. The SMILES string of the molecule is CCOc1cc(C=NNC(=O)C(=O)NCc2ccc(Cl)cc2)ccc1OCc1ccc(Cl)cc1. The molecule has 0 aliphatic carbocycles. The molecule has 0 radical (unpaired) electrons. The molecule has 0 saturated carbocycles. The minimum absolute atomic E-state index is 0.197. The fraction of sp³-hybridized carbons (Fsp3) is 0.160. The molecule has 0 fully saturated rings. The van der Waals surface area contributed by atoms with Crippen LogP contribution >= 0.6 is 23.2 Å². The van der Waals surface area contributed by atoms with Gasteiger partial charge in [0.05, 0.1) is 12.8 Å². The van der Waals surface area contributed by atoms with Gasteiger partial charge in [-0.25, -0.2) is 5.43 Å². The molecule has 0 heterocycles. The fourth-order valence-corrected chi connectivity index (χ4v) is 3.07. The molecule has 176 valence electrons. The Hall–Kier alpha value is -3.55. The quantitative estimate of drug-likeness (QED) is 0.253. The van der Waals surface area contributed by atoms with E-state index in [-0.39, 0.29) is 6.54 Å². The first-order valence-corrected chi connectivity index (χ1v) is 11.2. The van der Waals surface area contributed by atoms with Gasteiger partial charge in [0.25, 0.3) is 0 Å². The molecular weight excluding hydrogens is 477 g/mol. The summed E-state index contributed by atoms with van der Waals surface area (Å²) in [6.07, 6.45) is 1.41. The fourth-order valence-electron chi connectivity index (χ4n) is 2.82. The zero-order chi connectivity index (χ0) is 24.3. The summed E-state index contributed by atoms with van der Waals surface area (Å²) in [7, 11) is 0. The average molecular weight is 500 g/mol. The molecule has 7 nitrogen and oxygen atoms in total. The standard InChI is InChI=1S/C25H23Cl2N3O4/c1-2-33-23-13-19(7-12-22(23)34-16-18-5-10-21(27)11-6-18)15-29-30-25(32)24(31)28-14-17-3-8-20(26)9-4-17/h3-13,15H,2,14,16H2,1H3,(H,28,31)(H,30,32). The first kappa shape index (κ1) is 25.1. The van der Waals surface area contributed by atoms with Crippen LogP contribution in [0.3, 0.4) is 0 Å². The predicted molar refractivity (Wildman–Crippen MR) is 132 cm³/mol. The zero-order valence-electron chi connectivity index (χ0n) is 18.4. The number of benzene rings is 3. The molecule has 9 heteroatoms. The molecule has 34 heavy (non-hydrogen) atoms. The van der Waals surface area contributed by atoms with E-state index in [0.717, 1.165) is 11.1 Å². The Morgan fingerprint density at radius 2 is 1.50 bits per heavy atom. The van der Waals surface area contributed by atoms with Gasteiger partial charge in [-0.05, 0) is 66.1 Å². The molecule has 0 spiro atoms. The van der Waals surface area contributed by atoms with Gasteiger partial charge in [0, 0.05) is 16.6 Å². The van der Waals surface area contributed by atoms with E-state index in [1.165, 1.54) is 6.21 Å². The summed E-state index contributed by atoms with van der Waals surface area (Å²) in [6, 6.07) is 19.6. The molecule has 3 aromatic carbocycles. The van der Waals surface area contributed by atoms with Gasteiger partial charge >= 0.3 is 11.8 Å². The lowest BCUT2D eigenvalue weighted by molar-refractivity contribution is -0.139. The Bertz CT molecular complexity index is 1150. The molecule has 0 unspecified atom stereocenters. The number of ether oxygens (including phenoxy) is 2. The van der Waals surface area contributed by atoms with Crippen LogP contribution in [0.15, 0.2) is 71.8 Å². The van der Waals surface area contributed by atoms with Gasteiger partial charge < -0.3 is 14.8 Å². The number of carbonyl (C=O) groups excluding carboxylic acids is 2. The zero-order valence-corrected chi connectivity index (χ0v) is 19.9. The highest BCUT2D eigenvalue weighted by molar-refractivity contribution is 6.35. The largest absolute Gasteiger partial charge is 0.490 e. The van der Waals surface area contributed by atoms with Gasteiger partial charge in [0.2, 0.25) is 0 Å². The van der Waals surface area contributed by atoms with Crippen molar-refractivity contribution in [2.24, 2.45) is 5.10 Å². The van der Waals surface area contributed by atoms with Crippen molar-refractivity contribution in [3.05, 3.63) is 93.5 Å². The van der Waals surface area contributed by atoms with Crippen molar-refractivity contribution in [2.45, 2.75) is 20.1 Å². The summed E-state index contributed by atoms with van der Waals surface area (Å²) in [5.74, 6) is -0.571. The van der Waals surface area contributed by atoms with Crippen molar-refractivity contribution in [2.75, 3.05) is 6.61 Å². The third-order valence-corrected chi connectivity index (χ3v) is 5.03. The van der Waals surface area contributed by atoms with E-state index in [4.69, 9.17) is 32.7 Å². The molecule has 0 atom stereocenters. The third kappa shape index (κ3) is 7.79. The lowest BCUT2D eigenvalue weighted by Gasteiger charge is -2.12. The second-order valence-electron chi connectivity index (χ2n) is 7.06. The van der Waals surface area contributed by atoms with Crippen molar-refractivity contribution in [3.8, 4) is 11.5 Å². The summed E-state index contributed by atoms with van der Waals surface area (Å²) in [5, 5.41) is 7.62. The molecule has 2 N–H and O–H groups in total. The van der Waals surface area contributed by atoms with Crippen LogP contribution in [0.1, 0.15) is 23.6 Å². The Labute approximate surface area is 207 Å². The Morgan fingerprint density at radius 1 is 0.853 bits per heavy atom. The Kier molecular flexibility index (Phi) is 9.31. The number of halogens is 2. The number of hydrazone groups is 1. The van der Waals surface area contributed by atoms with Gasteiger partial charge in [-0.2, -0.15) is 5.10 Å². The maximum absolute atomic E-state index is 12.0. The number of hydrogen-bond donors (Lipinski definition) is 2. The predicted octanol–water partition coefficient (Wildman–Crippen LogP) is 4.74. The Balaban J connectivity index is 1.54. The van der Waals surface area contributed by atoms with Crippen molar-refractivity contribution in [3.63, 3.8) is 0 Å². The van der Waals surface area contributed by atoms with Crippen molar-refractivity contribution < 1.29 is 19.1 Å². The lowest BCUT2D eigenvalue weighted by atomic mass is 10.2. The van der Waals surface area contributed by atoms with Crippen LogP contribution in [0, 0.1) is 0 Å². The number of carbonyl (C=O) groups is 2. The number of rotatable bonds is 9. The van der Waals surface area contributed by atoms with Gasteiger partial charge in [0.15, 0.2) is 11.5 Å². The smallest absolute Gasteiger partial charge is 0.329 e. The molecule has 0 aliphatic heterocycles.